The first-order valence-corrected chi connectivity index (χ1v) is 5.44. The first-order chi connectivity index (χ1) is 5.83. The third kappa shape index (κ3) is 3.45. The highest BCUT2D eigenvalue weighted by molar-refractivity contribution is 9.10. The molecule has 0 fully saturated rings. The zero-order valence-corrected chi connectivity index (χ0v) is 9.55. The van der Waals surface area contributed by atoms with Gasteiger partial charge in [0.15, 0.2) is 0 Å². The third-order valence-corrected chi connectivity index (χ3v) is 2.07. The smallest absolute Gasteiger partial charge is 0.124 e. The van der Waals surface area contributed by atoms with Crippen molar-refractivity contribution < 1.29 is 0 Å². The van der Waals surface area contributed by atoms with E-state index in [0.717, 1.165) is 22.0 Å². The molecule has 2 nitrogen and oxygen atoms in total. The highest BCUT2D eigenvalue weighted by atomic mass is 79.9. The van der Waals surface area contributed by atoms with E-state index in [1.807, 2.05) is 6.08 Å². The summed E-state index contributed by atoms with van der Waals surface area (Å²) in [7, 11) is 0. The molecule has 4 heteroatoms. The third-order valence-electron chi connectivity index (χ3n) is 1.20. The Bertz CT molecular complexity index is 256. The van der Waals surface area contributed by atoms with Gasteiger partial charge in [-0.2, -0.15) is 0 Å². The molecule has 12 heavy (non-hydrogen) atoms. The minimum atomic E-state index is 0.764. The molecule has 1 aromatic rings. The number of nitrogens with zero attached hydrogens (tertiary/aromatic N) is 2. The van der Waals surface area contributed by atoms with Crippen molar-refractivity contribution in [3.8, 4) is 0 Å². The number of hydrogen-bond acceptors (Lipinski definition) is 2. The lowest BCUT2D eigenvalue weighted by molar-refractivity contribution is 1.14. The Morgan fingerprint density at radius 2 is 2.17 bits per heavy atom. The summed E-state index contributed by atoms with van der Waals surface area (Å²) in [6, 6.07) is 0. The Hall–Kier alpha value is -0.220. The molecule has 64 valence electrons. The van der Waals surface area contributed by atoms with E-state index >= 15 is 0 Å². The standard InChI is InChI=1S/C8H8Br2N2/c9-4-2-1-3-7-5-12-8(10)6-11-7/h1,3,5-6H,2,4H2. The van der Waals surface area contributed by atoms with Gasteiger partial charge in [0.2, 0.25) is 0 Å². The van der Waals surface area contributed by atoms with Crippen molar-refractivity contribution in [2.75, 3.05) is 5.33 Å². The molecule has 1 heterocycles. The number of allylic oxidation sites excluding steroid dienone is 1. The first kappa shape index (κ1) is 9.86. The first-order valence-electron chi connectivity index (χ1n) is 3.53. The molecule has 0 radical (unpaired) electrons. The Morgan fingerprint density at radius 3 is 2.75 bits per heavy atom. The van der Waals surface area contributed by atoms with Crippen LogP contribution in [-0.2, 0) is 0 Å². The molecule has 0 unspecified atom stereocenters. The molecule has 0 bridgehead atoms. The number of rotatable bonds is 3. The van der Waals surface area contributed by atoms with Crippen LogP contribution in [0.15, 0.2) is 23.1 Å². The Balaban J connectivity index is 2.58. The van der Waals surface area contributed by atoms with E-state index in [2.05, 4.69) is 47.9 Å². The summed E-state index contributed by atoms with van der Waals surface area (Å²) in [5.41, 5.74) is 0.888. The topological polar surface area (TPSA) is 25.8 Å². The van der Waals surface area contributed by atoms with Crippen molar-refractivity contribution >= 4 is 37.9 Å². The molecular weight excluding hydrogens is 284 g/mol. The van der Waals surface area contributed by atoms with Gasteiger partial charge in [0.25, 0.3) is 0 Å². The normalized spacial score (nSPS) is 10.8. The fourth-order valence-electron chi connectivity index (χ4n) is 0.675. The van der Waals surface area contributed by atoms with Crippen molar-refractivity contribution in [3.05, 3.63) is 28.8 Å². The monoisotopic (exact) mass is 290 g/mol. The molecule has 0 amide bonds. The number of halogens is 2. The molecular formula is C8H8Br2N2. The molecule has 0 N–H and O–H groups in total. The molecule has 1 rings (SSSR count). The van der Waals surface area contributed by atoms with E-state index in [-0.39, 0.29) is 0 Å². The second-order valence-electron chi connectivity index (χ2n) is 2.14. The van der Waals surface area contributed by atoms with Crippen LogP contribution in [0.1, 0.15) is 12.1 Å². The molecule has 0 aliphatic carbocycles. The Kier molecular flexibility index (Phi) is 4.46. The number of aromatic nitrogens is 2. The lowest BCUT2D eigenvalue weighted by Gasteiger charge is -1.91. The van der Waals surface area contributed by atoms with E-state index < -0.39 is 0 Å². The summed E-state index contributed by atoms with van der Waals surface area (Å²) >= 11 is 6.56. The van der Waals surface area contributed by atoms with Crippen molar-refractivity contribution in [2.24, 2.45) is 0 Å². The van der Waals surface area contributed by atoms with Gasteiger partial charge in [-0.15, -0.1) is 0 Å². The van der Waals surface area contributed by atoms with Gasteiger partial charge in [0.05, 0.1) is 18.1 Å². The van der Waals surface area contributed by atoms with Gasteiger partial charge in [0.1, 0.15) is 4.60 Å². The lowest BCUT2D eigenvalue weighted by atomic mass is 10.3. The highest BCUT2D eigenvalue weighted by Crippen LogP contribution is 2.04. The second-order valence-corrected chi connectivity index (χ2v) is 3.75. The SMILES string of the molecule is BrCCC=Cc1cnc(Br)cn1. The van der Waals surface area contributed by atoms with Gasteiger partial charge in [0, 0.05) is 5.33 Å². The predicted molar refractivity (Wildman–Crippen MR) is 57.2 cm³/mol. The second kappa shape index (κ2) is 5.43. The minimum absolute atomic E-state index is 0.764. The summed E-state index contributed by atoms with van der Waals surface area (Å²) < 4.78 is 0.764. The highest BCUT2D eigenvalue weighted by Gasteiger charge is 1.88. The number of hydrogen-bond donors (Lipinski definition) is 0. The largest absolute Gasteiger partial charge is 0.252 e. The molecule has 0 saturated carbocycles. The van der Waals surface area contributed by atoms with Crippen LogP contribution in [0.4, 0.5) is 0 Å². The average Bonchev–Trinajstić information content (AvgIpc) is 2.09. The summed E-state index contributed by atoms with van der Waals surface area (Å²) in [6.07, 6.45) is 8.45. The maximum Gasteiger partial charge on any atom is 0.124 e. The molecule has 0 aromatic carbocycles. The summed E-state index contributed by atoms with van der Waals surface area (Å²) in [4.78, 5) is 8.19. The average molecular weight is 292 g/mol. The molecule has 0 spiro atoms. The predicted octanol–water partition coefficient (Wildman–Crippen LogP) is 3.04. The van der Waals surface area contributed by atoms with Crippen molar-refractivity contribution in [2.45, 2.75) is 6.42 Å². The van der Waals surface area contributed by atoms with E-state index in [1.54, 1.807) is 12.4 Å². The summed E-state index contributed by atoms with van der Waals surface area (Å²) in [6.45, 7) is 0. The summed E-state index contributed by atoms with van der Waals surface area (Å²) in [5.74, 6) is 0. The van der Waals surface area contributed by atoms with Gasteiger partial charge in [-0.3, -0.25) is 4.98 Å². The van der Waals surface area contributed by atoms with Crippen LogP contribution in [-0.4, -0.2) is 15.3 Å². The zero-order valence-electron chi connectivity index (χ0n) is 6.37. The van der Waals surface area contributed by atoms with Crippen LogP contribution in [0.2, 0.25) is 0 Å². The van der Waals surface area contributed by atoms with E-state index in [4.69, 9.17) is 0 Å². The lowest BCUT2D eigenvalue weighted by Crippen LogP contribution is -1.82. The van der Waals surface area contributed by atoms with Crippen LogP contribution >= 0.6 is 31.9 Å². The maximum atomic E-state index is 4.14. The van der Waals surface area contributed by atoms with Crippen LogP contribution in [0, 0.1) is 0 Å². The zero-order chi connectivity index (χ0) is 8.81. The van der Waals surface area contributed by atoms with Crippen molar-refractivity contribution in [1.29, 1.82) is 0 Å². The molecule has 0 atom stereocenters. The van der Waals surface area contributed by atoms with E-state index in [1.165, 1.54) is 0 Å². The molecule has 0 aliphatic rings. The van der Waals surface area contributed by atoms with Gasteiger partial charge in [-0.05, 0) is 28.4 Å². The van der Waals surface area contributed by atoms with Crippen LogP contribution in [0.25, 0.3) is 6.08 Å². The van der Waals surface area contributed by atoms with Crippen molar-refractivity contribution in [3.63, 3.8) is 0 Å². The molecule has 0 aliphatic heterocycles. The molecule has 0 saturated heterocycles. The minimum Gasteiger partial charge on any atom is -0.252 e. The number of alkyl halides is 1. The van der Waals surface area contributed by atoms with Crippen molar-refractivity contribution in [1.82, 2.24) is 9.97 Å². The Labute approximate surface area is 88.4 Å². The quantitative estimate of drug-likeness (QED) is 0.800. The van der Waals surface area contributed by atoms with E-state index in [0.29, 0.717) is 0 Å². The van der Waals surface area contributed by atoms with Gasteiger partial charge >= 0.3 is 0 Å². The van der Waals surface area contributed by atoms with Gasteiger partial charge < -0.3 is 0 Å². The van der Waals surface area contributed by atoms with Gasteiger partial charge in [-0.1, -0.05) is 22.0 Å². The maximum absolute atomic E-state index is 4.14. The van der Waals surface area contributed by atoms with Crippen LogP contribution < -0.4 is 0 Å². The van der Waals surface area contributed by atoms with Crippen LogP contribution in [0.3, 0.4) is 0 Å². The van der Waals surface area contributed by atoms with E-state index in [9.17, 15) is 0 Å². The fourth-order valence-corrected chi connectivity index (χ4v) is 1.14. The summed E-state index contributed by atoms with van der Waals surface area (Å²) in [5, 5.41) is 0.980. The molecule has 1 aromatic heterocycles. The van der Waals surface area contributed by atoms with Crippen LogP contribution in [0.5, 0.6) is 0 Å². The Morgan fingerprint density at radius 1 is 1.33 bits per heavy atom. The van der Waals surface area contributed by atoms with Gasteiger partial charge in [-0.25, -0.2) is 4.98 Å². The fraction of sp³-hybridized carbons (Fsp3) is 0.250.